The summed E-state index contributed by atoms with van der Waals surface area (Å²) in [7, 11) is 0. The minimum absolute atomic E-state index is 0.119. The number of carbonyl (C=O) groups is 1. The second-order valence-electron chi connectivity index (χ2n) is 6.44. The van der Waals surface area contributed by atoms with Gasteiger partial charge in [-0.05, 0) is 48.0 Å². The fraction of sp³-hybridized carbons (Fsp3) is 0.0435. The van der Waals surface area contributed by atoms with Gasteiger partial charge in [0.25, 0.3) is 5.91 Å². The van der Waals surface area contributed by atoms with E-state index in [0.717, 1.165) is 0 Å². The van der Waals surface area contributed by atoms with Crippen molar-refractivity contribution in [3.05, 3.63) is 96.4 Å². The zero-order valence-corrected chi connectivity index (χ0v) is 19.9. The Morgan fingerprint density at radius 1 is 0.938 bits per heavy atom. The largest absolute Gasteiger partial charge is 0.486 e. The number of nitrogens with zero attached hydrogens (tertiary/aromatic N) is 1. The molecular weight excluding hydrogens is 514 g/mol. The molecule has 0 unspecified atom stereocenters. The third-order valence-corrected chi connectivity index (χ3v) is 5.68. The van der Waals surface area contributed by atoms with Crippen molar-refractivity contribution in [2.75, 3.05) is 5.32 Å². The highest BCUT2D eigenvalue weighted by molar-refractivity contribution is 6.37. The lowest BCUT2D eigenvalue weighted by Gasteiger charge is -2.12. The standard InChI is InChI=1S/C23H13Cl5N2O2/c24-16-6-5-14(18(26)10-16)12-32-22-19(27)8-13(9-20(22)28)7-15(11-29)23(31)30-21-4-2-1-3-17(21)25/h1-10H,12H2,(H,30,31)/b15-7+. The second kappa shape index (κ2) is 11.0. The molecule has 1 N–H and O–H groups in total. The van der Waals surface area contributed by atoms with Crippen LogP contribution in [0.5, 0.6) is 5.75 Å². The van der Waals surface area contributed by atoms with Crippen molar-refractivity contribution in [2.45, 2.75) is 6.61 Å². The van der Waals surface area contributed by atoms with Crippen LogP contribution in [0.4, 0.5) is 5.69 Å². The Hall–Kier alpha value is -2.39. The van der Waals surface area contributed by atoms with Crippen molar-refractivity contribution in [1.29, 1.82) is 5.26 Å². The second-order valence-corrected chi connectivity index (χ2v) is 8.51. The number of halogens is 5. The summed E-state index contributed by atoms with van der Waals surface area (Å²) in [5.74, 6) is -0.374. The van der Waals surface area contributed by atoms with Crippen molar-refractivity contribution in [2.24, 2.45) is 0 Å². The zero-order valence-electron chi connectivity index (χ0n) is 16.1. The summed E-state index contributed by atoms with van der Waals surface area (Å²) in [6.45, 7) is 0.119. The van der Waals surface area contributed by atoms with Gasteiger partial charge in [-0.3, -0.25) is 4.79 Å². The molecule has 0 saturated heterocycles. The molecule has 1 amide bonds. The van der Waals surface area contributed by atoms with E-state index in [1.165, 1.54) is 18.2 Å². The first-order valence-corrected chi connectivity index (χ1v) is 10.9. The van der Waals surface area contributed by atoms with E-state index >= 15 is 0 Å². The zero-order chi connectivity index (χ0) is 23.3. The maximum Gasteiger partial charge on any atom is 0.266 e. The Kier molecular flexibility index (Phi) is 8.31. The van der Waals surface area contributed by atoms with Crippen LogP contribution < -0.4 is 10.1 Å². The Morgan fingerprint density at radius 3 is 2.25 bits per heavy atom. The average Bonchev–Trinajstić information content (AvgIpc) is 2.74. The maximum atomic E-state index is 12.5. The van der Waals surface area contributed by atoms with Crippen LogP contribution in [0.1, 0.15) is 11.1 Å². The molecule has 3 aromatic carbocycles. The van der Waals surface area contributed by atoms with Gasteiger partial charge < -0.3 is 10.1 Å². The van der Waals surface area contributed by atoms with Crippen molar-refractivity contribution in [3.63, 3.8) is 0 Å². The van der Waals surface area contributed by atoms with Gasteiger partial charge in [-0.2, -0.15) is 5.26 Å². The first-order valence-electron chi connectivity index (χ1n) is 9.02. The predicted octanol–water partition coefficient (Wildman–Crippen LogP) is 8.08. The minimum atomic E-state index is -0.620. The number of ether oxygens (including phenoxy) is 1. The third-order valence-electron chi connectivity index (χ3n) is 4.21. The summed E-state index contributed by atoms with van der Waals surface area (Å²) < 4.78 is 5.73. The van der Waals surface area contributed by atoms with Crippen LogP contribution >= 0.6 is 58.0 Å². The number of nitriles is 1. The average molecular weight is 527 g/mol. The molecule has 9 heteroatoms. The van der Waals surface area contributed by atoms with Gasteiger partial charge >= 0.3 is 0 Å². The smallest absolute Gasteiger partial charge is 0.266 e. The van der Waals surface area contributed by atoms with E-state index in [0.29, 0.717) is 31.9 Å². The number of carbonyl (C=O) groups excluding carboxylic acids is 1. The van der Waals surface area contributed by atoms with Gasteiger partial charge in [-0.1, -0.05) is 76.2 Å². The van der Waals surface area contributed by atoms with Crippen LogP contribution in [-0.4, -0.2) is 5.91 Å². The quantitative estimate of drug-likeness (QED) is 0.261. The predicted molar refractivity (Wildman–Crippen MR) is 131 cm³/mol. The van der Waals surface area contributed by atoms with Gasteiger partial charge in [-0.15, -0.1) is 0 Å². The normalized spacial score (nSPS) is 11.1. The first-order chi connectivity index (χ1) is 15.3. The molecule has 0 radical (unpaired) electrons. The third kappa shape index (κ3) is 6.10. The molecular formula is C23H13Cl5N2O2. The van der Waals surface area contributed by atoms with E-state index in [-0.39, 0.29) is 28.0 Å². The van der Waals surface area contributed by atoms with Crippen LogP contribution in [-0.2, 0) is 11.4 Å². The monoisotopic (exact) mass is 524 g/mol. The van der Waals surface area contributed by atoms with Gasteiger partial charge in [0.2, 0.25) is 0 Å². The molecule has 3 rings (SSSR count). The molecule has 0 aliphatic carbocycles. The molecule has 162 valence electrons. The lowest BCUT2D eigenvalue weighted by Crippen LogP contribution is -2.13. The van der Waals surface area contributed by atoms with Crippen LogP contribution in [0.2, 0.25) is 25.1 Å². The number of rotatable bonds is 6. The number of amides is 1. The van der Waals surface area contributed by atoms with E-state index in [9.17, 15) is 10.1 Å². The number of nitrogens with one attached hydrogen (secondary N) is 1. The van der Waals surface area contributed by atoms with Crippen molar-refractivity contribution in [1.82, 2.24) is 0 Å². The molecule has 0 aromatic heterocycles. The molecule has 0 aliphatic rings. The Bertz CT molecular complexity index is 1230. The Morgan fingerprint density at radius 2 is 1.62 bits per heavy atom. The van der Waals surface area contributed by atoms with Crippen molar-refractivity contribution < 1.29 is 9.53 Å². The van der Waals surface area contributed by atoms with E-state index in [1.807, 2.05) is 6.07 Å². The SMILES string of the molecule is N#C/C(=C\c1cc(Cl)c(OCc2ccc(Cl)cc2Cl)c(Cl)c1)C(=O)Nc1ccccc1Cl. The summed E-state index contributed by atoms with van der Waals surface area (Å²) >= 11 is 30.8. The van der Waals surface area contributed by atoms with Crippen LogP contribution in [0.25, 0.3) is 6.08 Å². The van der Waals surface area contributed by atoms with Crippen molar-refractivity contribution in [3.8, 4) is 11.8 Å². The van der Waals surface area contributed by atoms with Gasteiger partial charge in [0, 0.05) is 15.6 Å². The molecule has 0 fully saturated rings. The fourth-order valence-electron chi connectivity index (χ4n) is 2.66. The van der Waals surface area contributed by atoms with Crippen LogP contribution in [0, 0.1) is 11.3 Å². The highest BCUT2D eigenvalue weighted by Crippen LogP contribution is 2.36. The Labute approximate surface area is 209 Å². The van der Waals surface area contributed by atoms with Crippen molar-refractivity contribution >= 4 is 75.7 Å². The molecule has 32 heavy (non-hydrogen) atoms. The molecule has 0 atom stereocenters. The number of hydrogen-bond acceptors (Lipinski definition) is 3. The highest BCUT2D eigenvalue weighted by atomic mass is 35.5. The number of benzene rings is 3. The summed E-state index contributed by atoms with van der Waals surface area (Å²) in [5.41, 5.74) is 1.39. The topological polar surface area (TPSA) is 62.1 Å². The number of para-hydroxylation sites is 1. The molecule has 0 saturated carbocycles. The molecule has 4 nitrogen and oxygen atoms in total. The molecule has 0 aliphatic heterocycles. The maximum absolute atomic E-state index is 12.5. The summed E-state index contributed by atoms with van der Waals surface area (Å²) in [6, 6.07) is 16.7. The minimum Gasteiger partial charge on any atom is -0.486 e. The summed E-state index contributed by atoms with van der Waals surface area (Å²) in [5, 5.41) is 13.8. The highest BCUT2D eigenvalue weighted by Gasteiger charge is 2.14. The first kappa shape index (κ1) is 24.3. The summed E-state index contributed by atoms with van der Waals surface area (Å²) in [6.07, 6.45) is 1.36. The number of anilines is 1. The molecule has 3 aromatic rings. The fourth-order valence-corrected chi connectivity index (χ4v) is 3.92. The van der Waals surface area contributed by atoms with Gasteiger partial charge in [0.15, 0.2) is 5.75 Å². The van der Waals surface area contributed by atoms with Crippen LogP contribution in [0.15, 0.2) is 60.2 Å². The van der Waals surface area contributed by atoms with E-state index in [4.69, 9.17) is 62.7 Å². The molecule has 0 spiro atoms. The van der Waals surface area contributed by atoms with Gasteiger partial charge in [0.1, 0.15) is 18.2 Å². The Balaban J connectivity index is 1.79. The van der Waals surface area contributed by atoms with E-state index in [2.05, 4.69) is 5.32 Å². The summed E-state index contributed by atoms with van der Waals surface area (Å²) in [4.78, 5) is 12.5. The van der Waals surface area contributed by atoms with Gasteiger partial charge in [-0.25, -0.2) is 0 Å². The number of hydrogen-bond donors (Lipinski definition) is 1. The lowest BCUT2D eigenvalue weighted by atomic mass is 10.1. The lowest BCUT2D eigenvalue weighted by molar-refractivity contribution is -0.112. The van der Waals surface area contributed by atoms with Gasteiger partial charge in [0.05, 0.1) is 20.8 Å². The van der Waals surface area contributed by atoms with Crippen LogP contribution in [0.3, 0.4) is 0 Å². The molecule has 0 heterocycles. The van der Waals surface area contributed by atoms with E-state index < -0.39 is 5.91 Å². The van der Waals surface area contributed by atoms with E-state index in [1.54, 1.807) is 42.5 Å². The molecule has 0 bridgehead atoms.